The fourth-order valence-electron chi connectivity index (χ4n) is 1.86. The van der Waals surface area contributed by atoms with E-state index in [-0.39, 0.29) is 0 Å². The summed E-state index contributed by atoms with van der Waals surface area (Å²) in [5, 5.41) is 8.20. The summed E-state index contributed by atoms with van der Waals surface area (Å²) in [6, 6.07) is 7.98. The van der Waals surface area contributed by atoms with E-state index in [1.165, 1.54) is 5.56 Å². The summed E-state index contributed by atoms with van der Waals surface area (Å²) < 4.78 is 7.65. The maximum absolute atomic E-state index is 5.78. The Morgan fingerprint density at radius 1 is 1.26 bits per heavy atom. The van der Waals surface area contributed by atoms with E-state index in [0.717, 1.165) is 30.1 Å². The van der Waals surface area contributed by atoms with E-state index in [1.807, 2.05) is 28.9 Å². The third-order valence-corrected chi connectivity index (χ3v) is 2.94. The molecule has 0 atom stereocenters. The van der Waals surface area contributed by atoms with Crippen LogP contribution in [0.4, 0.5) is 0 Å². The van der Waals surface area contributed by atoms with Gasteiger partial charge < -0.3 is 10.5 Å². The fraction of sp³-hybridized carbons (Fsp3) is 0.429. The van der Waals surface area contributed by atoms with Crippen LogP contribution in [0.2, 0.25) is 0 Å². The SMILES string of the molecule is CCCn1nnc(CN)c1COc1ccc(C)cc1. The molecule has 19 heavy (non-hydrogen) atoms. The average molecular weight is 260 g/mol. The normalized spacial score (nSPS) is 10.7. The summed E-state index contributed by atoms with van der Waals surface area (Å²) in [4.78, 5) is 0. The molecule has 0 radical (unpaired) electrons. The lowest BCUT2D eigenvalue weighted by atomic mass is 10.2. The lowest BCUT2D eigenvalue weighted by Crippen LogP contribution is -2.10. The molecule has 0 amide bonds. The van der Waals surface area contributed by atoms with Gasteiger partial charge in [0.05, 0.1) is 0 Å². The molecule has 0 aliphatic carbocycles. The molecule has 0 unspecified atom stereocenters. The number of aromatic nitrogens is 3. The molecule has 1 aromatic carbocycles. The number of ether oxygens (including phenoxy) is 1. The minimum Gasteiger partial charge on any atom is -0.487 e. The molecule has 0 aliphatic heterocycles. The molecule has 1 aromatic heterocycles. The average Bonchev–Trinajstić information content (AvgIpc) is 2.81. The van der Waals surface area contributed by atoms with E-state index < -0.39 is 0 Å². The van der Waals surface area contributed by atoms with Gasteiger partial charge in [0, 0.05) is 13.1 Å². The van der Waals surface area contributed by atoms with Crippen LogP contribution in [-0.2, 0) is 19.7 Å². The number of aryl methyl sites for hydroxylation is 2. The maximum atomic E-state index is 5.78. The highest BCUT2D eigenvalue weighted by Crippen LogP contribution is 2.15. The van der Waals surface area contributed by atoms with Crippen LogP contribution in [-0.4, -0.2) is 15.0 Å². The van der Waals surface area contributed by atoms with Gasteiger partial charge in [-0.05, 0) is 25.5 Å². The quantitative estimate of drug-likeness (QED) is 0.863. The lowest BCUT2D eigenvalue weighted by Gasteiger charge is -2.09. The molecule has 0 spiro atoms. The van der Waals surface area contributed by atoms with Crippen molar-refractivity contribution in [1.29, 1.82) is 0 Å². The molecule has 5 nitrogen and oxygen atoms in total. The number of rotatable bonds is 6. The molecule has 2 N–H and O–H groups in total. The van der Waals surface area contributed by atoms with Crippen LogP contribution >= 0.6 is 0 Å². The first kappa shape index (κ1) is 13.5. The van der Waals surface area contributed by atoms with Gasteiger partial charge in [-0.2, -0.15) is 0 Å². The molecule has 5 heteroatoms. The molecule has 2 aromatic rings. The zero-order chi connectivity index (χ0) is 13.7. The van der Waals surface area contributed by atoms with Crippen molar-refractivity contribution in [3.8, 4) is 5.75 Å². The number of nitrogens with zero attached hydrogens (tertiary/aromatic N) is 3. The van der Waals surface area contributed by atoms with Crippen molar-refractivity contribution in [3.05, 3.63) is 41.2 Å². The summed E-state index contributed by atoms with van der Waals surface area (Å²) in [5.74, 6) is 0.845. The standard InChI is InChI=1S/C14H20N4O/c1-3-8-18-14(13(9-15)16-17-18)10-19-12-6-4-11(2)5-7-12/h4-7H,3,8-10,15H2,1-2H3. The zero-order valence-corrected chi connectivity index (χ0v) is 11.5. The second kappa shape index (κ2) is 6.33. The van der Waals surface area contributed by atoms with Crippen molar-refractivity contribution in [1.82, 2.24) is 15.0 Å². The molecule has 0 saturated carbocycles. The Kier molecular flexibility index (Phi) is 4.52. The first-order chi connectivity index (χ1) is 9.24. The second-order valence-corrected chi connectivity index (χ2v) is 4.51. The van der Waals surface area contributed by atoms with Gasteiger partial charge in [0.2, 0.25) is 0 Å². The van der Waals surface area contributed by atoms with Gasteiger partial charge in [0.1, 0.15) is 23.7 Å². The second-order valence-electron chi connectivity index (χ2n) is 4.51. The highest BCUT2D eigenvalue weighted by atomic mass is 16.5. The summed E-state index contributed by atoms with van der Waals surface area (Å²) >= 11 is 0. The first-order valence-corrected chi connectivity index (χ1v) is 6.55. The van der Waals surface area contributed by atoms with Gasteiger partial charge in [-0.1, -0.05) is 29.8 Å². The van der Waals surface area contributed by atoms with Crippen molar-refractivity contribution in [2.45, 2.75) is 40.0 Å². The molecular formula is C14H20N4O. The summed E-state index contributed by atoms with van der Waals surface area (Å²) in [6.07, 6.45) is 1.00. The number of benzene rings is 1. The Hall–Kier alpha value is -1.88. The molecule has 0 aliphatic rings. The van der Waals surface area contributed by atoms with Crippen molar-refractivity contribution in [3.63, 3.8) is 0 Å². The van der Waals surface area contributed by atoms with Gasteiger partial charge in [0.15, 0.2) is 0 Å². The lowest BCUT2D eigenvalue weighted by molar-refractivity contribution is 0.290. The molecule has 0 saturated heterocycles. The maximum Gasteiger partial charge on any atom is 0.132 e. The van der Waals surface area contributed by atoms with Gasteiger partial charge in [-0.3, -0.25) is 0 Å². The smallest absolute Gasteiger partial charge is 0.132 e. The predicted molar refractivity (Wildman–Crippen MR) is 73.7 cm³/mol. The number of nitrogens with two attached hydrogens (primary N) is 1. The van der Waals surface area contributed by atoms with Crippen LogP contribution < -0.4 is 10.5 Å². The molecule has 1 heterocycles. The largest absolute Gasteiger partial charge is 0.487 e. The summed E-state index contributed by atoms with van der Waals surface area (Å²) in [6.45, 7) is 5.82. The molecule has 0 bridgehead atoms. The molecular weight excluding hydrogens is 240 g/mol. The number of hydrogen-bond acceptors (Lipinski definition) is 4. The van der Waals surface area contributed by atoms with Gasteiger partial charge in [-0.25, -0.2) is 4.68 Å². The van der Waals surface area contributed by atoms with E-state index in [0.29, 0.717) is 13.2 Å². The number of hydrogen-bond donors (Lipinski definition) is 1. The summed E-state index contributed by atoms with van der Waals surface area (Å²) in [7, 11) is 0. The van der Waals surface area contributed by atoms with Crippen LogP contribution in [0, 0.1) is 6.92 Å². The van der Waals surface area contributed by atoms with Crippen molar-refractivity contribution in [2.75, 3.05) is 0 Å². The highest BCUT2D eigenvalue weighted by molar-refractivity contribution is 5.26. The van der Waals surface area contributed by atoms with E-state index in [2.05, 4.69) is 24.2 Å². The minimum atomic E-state index is 0.385. The van der Waals surface area contributed by atoms with Crippen molar-refractivity contribution < 1.29 is 4.74 Å². The van der Waals surface area contributed by atoms with Crippen LogP contribution in [0.25, 0.3) is 0 Å². The van der Waals surface area contributed by atoms with Crippen LogP contribution in [0.15, 0.2) is 24.3 Å². The Morgan fingerprint density at radius 2 is 2.00 bits per heavy atom. The van der Waals surface area contributed by atoms with Crippen LogP contribution in [0.3, 0.4) is 0 Å². The zero-order valence-electron chi connectivity index (χ0n) is 11.5. The highest BCUT2D eigenvalue weighted by Gasteiger charge is 2.11. The predicted octanol–water partition coefficient (Wildman–Crippen LogP) is 2.03. The third-order valence-electron chi connectivity index (χ3n) is 2.94. The van der Waals surface area contributed by atoms with E-state index in [9.17, 15) is 0 Å². The van der Waals surface area contributed by atoms with Crippen LogP contribution in [0.5, 0.6) is 5.75 Å². The Balaban J connectivity index is 2.09. The monoisotopic (exact) mass is 260 g/mol. The molecule has 0 fully saturated rings. The van der Waals surface area contributed by atoms with E-state index in [1.54, 1.807) is 0 Å². The van der Waals surface area contributed by atoms with E-state index in [4.69, 9.17) is 10.5 Å². The van der Waals surface area contributed by atoms with Crippen LogP contribution in [0.1, 0.15) is 30.3 Å². The van der Waals surface area contributed by atoms with Crippen molar-refractivity contribution in [2.24, 2.45) is 5.73 Å². The molecule has 102 valence electrons. The summed E-state index contributed by atoms with van der Waals surface area (Å²) in [5.41, 5.74) is 8.66. The van der Waals surface area contributed by atoms with E-state index >= 15 is 0 Å². The first-order valence-electron chi connectivity index (χ1n) is 6.55. The van der Waals surface area contributed by atoms with Crippen molar-refractivity contribution >= 4 is 0 Å². The molecule has 2 rings (SSSR count). The van der Waals surface area contributed by atoms with Gasteiger partial charge >= 0.3 is 0 Å². The fourth-order valence-corrected chi connectivity index (χ4v) is 1.86. The Labute approximate surface area is 113 Å². The third kappa shape index (κ3) is 3.32. The van der Waals surface area contributed by atoms with Gasteiger partial charge in [-0.15, -0.1) is 5.10 Å². The topological polar surface area (TPSA) is 66.0 Å². The Bertz CT molecular complexity index is 519. The Morgan fingerprint density at radius 3 is 2.63 bits per heavy atom. The minimum absolute atomic E-state index is 0.385. The van der Waals surface area contributed by atoms with Gasteiger partial charge in [0.25, 0.3) is 0 Å².